The average Bonchev–Trinajstić information content (AvgIpc) is 2.84. The highest BCUT2D eigenvalue weighted by atomic mass is 79.9. The molecule has 0 aliphatic heterocycles. The first-order chi connectivity index (χ1) is 10.9. The number of hydrogen-bond donors (Lipinski definition) is 0. The summed E-state index contributed by atoms with van der Waals surface area (Å²) >= 11 is 10.1. The van der Waals surface area contributed by atoms with Crippen molar-refractivity contribution in [3.63, 3.8) is 0 Å². The van der Waals surface area contributed by atoms with Crippen molar-refractivity contribution in [2.45, 2.75) is 46.6 Å². The fraction of sp³-hybridized carbons (Fsp3) is 0.412. The second-order valence-electron chi connectivity index (χ2n) is 5.25. The van der Waals surface area contributed by atoms with Gasteiger partial charge in [0.05, 0.1) is 16.4 Å². The van der Waals surface area contributed by atoms with Crippen molar-refractivity contribution < 1.29 is 9.59 Å². The van der Waals surface area contributed by atoms with Crippen molar-refractivity contribution >= 4 is 33.7 Å². The Balaban J connectivity index is 0.000000816. The SMILES string of the molecule is CCc1nn(CC)c(-c2ccc(Br)cc2C(C)C)c1Cl.O=C=O. The Morgan fingerprint density at radius 2 is 1.91 bits per heavy atom. The first-order valence-electron chi connectivity index (χ1n) is 7.45. The summed E-state index contributed by atoms with van der Waals surface area (Å²) in [4.78, 5) is 16.2. The summed E-state index contributed by atoms with van der Waals surface area (Å²) < 4.78 is 3.11. The third-order valence-corrected chi connectivity index (χ3v) is 4.38. The predicted molar refractivity (Wildman–Crippen MR) is 94.5 cm³/mol. The third kappa shape index (κ3) is 4.54. The number of aryl methyl sites for hydroxylation is 2. The molecule has 1 heterocycles. The molecule has 0 bridgehead atoms. The Hall–Kier alpha value is -1.42. The van der Waals surface area contributed by atoms with Crippen molar-refractivity contribution in [3.8, 4) is 11.3 Å². The van der Waals surface area contributed by atoms with Gasteiger partial charge in [-0.3, -0.25) is 4.68 Å². The lowest BCUT2D eigenvalue weighted by atomic mass is 9.95. The molecule has 1 aromatic heterocycles. The number of aromatic nitrogens is 2. The minimum atomic E-state index is 0.250. The molecule has 0 aliphatic carbocycles. The van der Waals surface area contributed by atoms with Crippen molar-refractivity contribution in [1.82, 2.24) is 9.78 Å². The number of nitrogens with zero attached hydrogens (tertiary/aromatic N) is 2. The topological polar surface area (TPSA) is 52.0 Å². The van der Waals surface area contributed by atoms with Crippen LogP contribution < -0.4 is 0 Å². The number of halogens is 2. The van der Waals surface area contributed by atoms with E-state index in [0.717, 1.165) is 33.8 Å². The molecule has 124 valence electrons. The molecule has 0 saturated carbocycles. The van der Waals surface area contributed by atoms with Crippen LogP contribution in [0.25, 0.3) is 11.3 Å². The Bertz CT molecular complexity index is 705. The molecule has 4 nitrogen and oxygen atoms in total. The minimum Gasteiger partial charge on any atom is -0.263 e. The van der Waals surface area contributed by atoms with Gasteiger partial charge in [-0.05, 0) is 37.0 Å². The largest absolute Gasteiger partial charge is 0.373 e. The molecule has 0 aliphatic rings. The Labute approximate surface area is 150 Å². The van der Waals surface area contributed by atoms with Gasteiger partial charge in [0, 0.05) is 16.6 Å². The van der Waals surface area contributed by atoms with E-state index in [1.54, 1.807) is 0 Å². The maximum atomic E-state index is 8.12. The molecule has 2 rings (SSSR count). The van der Waals surface area contributed by atoms with Crippen LogP contribution >= 0.6 is 27.5 Å². The van der Waals surface area contributed by atoms with Gasteiger partial charge < -0.3 is 0 Å². The zero-order valence-corrected chi connectivity index (χ0v) is 16.0. The molecule has 0 atom stereocenters. The van der Waals surface area contributed by atoms with E-state index < -0.39 is 0 Å². The van der Waals surface area contributed by atoms with Crippen LogP contribution in [-0.2, 0) is 22.6 Å². The highest BCUT2D eigenvalue weighted by molar-refractivity contribution is 9.10. The number of rotatable bonds is 4. The van der Waals surface area contributed by atoms with Gasteiger partial charge in [0.1, 0.15) is 0 Å². The number of hydrogen-bond acceptors (Lipinski definition) is 3. The molecule has 1 aromatic carbocycles. The summed E-state index contributed by atoms with van der Waals surface area (Å²) in [6, 6.07) is 6.37. The van der Waals surface area contributed by atoms with Gasteiger partial charge in [0.2, 0.25) is 0 Å². The molecule has 0 radical (unpaired) electrons. The summed E-state index contributed by atoms with van der Waals surface area (Å²) in [6.45, 7) is 9.41. The van der Waals surface area contributed by atoms with E-state index in [2.05, 4.69) is 66.9 Å². The van der Waals surface area contributed by atoms with Crippen molar-refractivity contribution in [3.05, 3.63) is 39.0 Å². The van der Waals surface area contributed by atoms with Gasteiger partial charge in [0.25, 0.3) is 0 Å². The van der Waals surface area contributed by atoms with Crippen LogP contribution in [-0.4, -0.2) is 15.9 Å². The van der Waals surface area contributed by atoms with Crippen LogP contribution in [0.3, 0.4) is 0 Å². The monoisotopic (exact) mass is 398 g/mol. The van der Waals surface area contributed by atoms with Crippen molar-refractivity contribution in [2.75, 3.05) is 0 Å². The molecule has 0 saturated heterocycles. The first kappa shape index (κ1) is 19.6. The van der Waals surface area contributed by atoms with Crippen molar-refractivity contribution in [2.24, 2.45) is 0 Å². The second-order valence-corrected chi connectivity index (χ2v) is 6.54. The van der Waals surface area contributed by atoms with E-state index in [0.29, 0.717) is 5.92 Å². The highest BCUT2D eigenvalue weighted by Gasteiger charge is 2.19. The Morgan fingerprint density at radius 1 is 1.30 bits per heavy atom. The molecule has 6 heteroatoms. The lowest BCUT2D eigenvalue weighted by Gasteiger charge is -2.15. The highest BCUT2D eigenvalue weighted by Crippen LogP contribution is 2.37. The Kier molecular flexibility index (Phi) is 7.69. The molecule has 0 unspecified atom stereocenters. The van der Waals surface area contributed by atoms with Gasteiger partial charge in [-0.2, -0.15) is 14.7 Å². The van der Waals surface area contributed by atoms with Crippen LogP contribution in [0.4, 0.5) is 0 Å². The zero-order valence-electron chi connectivity index (χ0n) is 13.7. The van der Waals surface area contributed by atoms with E-state index in [4.69, 9.17) is 21.2 Å². The molecule has 0 fully saturated rings. The fourth-order valence-corrected chi connectivity index (χ4v) is 3.18. The van der Waals surface area contributed by atoms with Gasteiger partial charge in [-0.25, -0.2) is 0 Å². The maximum absolute atomic E-state index is 8.12. The summed E-state index contributed by atoms with van der Waals surface area (Å²) in [7, 11) is 0. The van der Waals surface area contributed by atoms with E-state index in [9.17, 15) is 0 Å². The third-order valence-electron chi connectivity index (χ3n) is 3.49. The van der Waals surface area contributed by atoms with Crippen LogP contribution in [0.5, 0.6) is 0 Å². The standard InChI is InChI=1S/C16H20BrClN2.CO2/c1-5-14-15(18)16(20(6-2)19-14)12-8-7-11(17)9-13(12)10(3)4;2-1-3/h7-10H,5-6H2,1-4H3;. The Morgan fingerprint density at radius 3 is 2.39 bits per heavy atom. The molecular weight excluding hydrogens is 380 g/mol. The zero-order chi connectivity index (χ0) is 17.6. The van der Waals surface area contributed by atoms with E-state index in [1.807, 2.05) is 4.68 Å². The molecule has 0 spiro atoms. The molecule has 2 aromatic rings. The summed E-state index contributed by atoms with van der Waals surface area (Å²) in [5, 5.41) is 5.41. The molecule has 0 amide bonds. The maximum Gasteiger partial charge on any atom is 0.373 e. The minimum absolute atomic E-state index is 0.250. The first-order valence-corrected chi connectivity index (χ1v) is 8.62. The lowest BCUT2D eigenvalue weighted by Crippen LogP contribution is -2.02. The van der Waals surface area contributed by atoms with E-state index in [1.165, 1.54) is 11.1 Å². The van der Waals surface area contributed by atoms with Crippen LogP contribution in [0.2, 0.25) is 5.02 Å². The van der Waals surface area contributed by atoms with Crippen LogP contribution in [0, 0.1) is 0 Å². The average molecular weight is 400 g/mol. The number of carbonyl (C=O) groups excluding carboxylic acids is 2. The normalized spacial score (nSPS) is 10.2. The van der Waals surface area contributed by atoms with Crippen LogP contribution in [0.1, 0.15) is 44.9 Å². The van der Waals surface area contributed by atoms with Gasteiger partial charge >= 0.3 is 6.15 Å². The van der Waals surface area contributed by atoms with Crippen LogP contribution in [0.15, 0.2) is 22.7 Å². The molecule has 0 N–H and O–H groups in total. The van der Waals surface area contributed by atoms with Gasteiger partial charge in [-0.15, -0.1) is 0 Å². The predicted octanol–water partition coefficient (Wildman–Crippen LogP) is 5.09. The molecular formula is C17H20BrClN2O2. The van der Waals surface area contributed by atoms with E-state index >= 15 is 0 Å². The lowest BCUT2D eigenvalue weighted by molar-refractivity contribution is -0.191. The summed E-state index contributed by atoms with van der Waals surface area (Å²) in [6.07, 6.45) is 1.10. The second kappa shape index (κ2) is 9.02. The summed E-state index contributed by atoms with van der Waals surface area (Å²) in [5.41, 5.74) is 4.49. The fourth-order valence-electron chi connectivity index (χ4n) is 2.43. The number of benzene rings is 1. The quantitative estimate of drug-likeness (QED) is 0.719. The smallest absolute Gasteiger partial charge is 0.263 e. The van der Waals surface area contributed by atoms with Gasteiger partial charge in [-0.1, -0.05) is 54.4 Å². The van der Waals surface area contributed by atoms with Crippen molar-refractivity contribution in [1.29, 1.82) is 0 Å². The van der Waals surface area contributed by atoms with Gasteiger partial charge in [0.15, 0.2) is 0 Å². The summed E-state index contributed by atoms with van der Waals surface area (Å²) in [5.74, 6) is 0.434. The van der Waals surface area contributed by atoms with E-state index in [-0.39, 0.29) is 6.15 Å². The molecule has 23 heavy (non-hydrogen) atoms.